The van der Waals surface area contributed by atoms with Gasteiger partial charge in [-0.2, -0.15) is 0 Å². The molecule has 0 aliphatic rings. The van der Waals surface area contributed by atoms with Crippen molar-refractivity contribution < 1.29 is 9.90 Å². The quantitative estimate of drug-likeness (QED) is 0.719. The number of rotatable bonds is 0. The SMILES string of the molecule is CC(=O)O.ClC(Cl)(Cl)c1ccccc1. The number of carboxylic acid groups (broad SMARTS) is 1. The molecule has 0 fully saturated rings. The smallest absolute Gasteiger partial charge is 0.300 e. The van der Waals surface area contributed by atoms with Crippen LogP contribution < -0.4 is 0 Å². The predicted molar refractivity (Wildman–Crippen MR) is 59.0 cm³/mol. The molecule has 0 aromatic heterocycles. The van der Waals surface area contributed by atoms with E-state index in [1.807, 2.05) is 18.2 Å². The van der Waals surface area contributed by atoms with Crippen LogP contribution in [0.4, 0.5) is 0 Å². The Labute approximate surface area is 97.4 Å². The lowest BCUT2D eigenvalue weighted by Gasteiger charge is -2.09. The first-order chi connectivity index (χ1) is 6.34. The van der Waals surface area contributed by atoms with Crippen LogP contribution in [0, 0.1) is 0 Å². The number of carboxylic acids is 1. The molecule has 0 radical (unpaired) electrons. The van der Waals surface area contributed by atoms with Gasteiger partial charge in [0, 0.05) is 12.5 Å². The van der Waals surface area contributed by atoms with Gasteiger partial charge >= 0.3 is 0 Å². The highest BCUT2D eigenvalue weighted by atomic mass is 35.6. The molecule has 0 aliphatic heterocycles. The van der Waals surface area contributed by atoms with Crippen LogP contribution in [0.3, 0.4) is 0 Å². The van der Waals surface area contributed by atoms with Gasteiger partial charge in [-0.05, 0) is 0 Å². The molecule has 0 heterocycles. The largest absolute Gasteiger partial charge is 0.481 e. The van der Waals surface area contributed by atoms with Crippen LogP contribution in [0.2, 0.25) is 0 Å². The van der Waals surface area contributed by atoms with Crippen LogP contribution in [-0.2, 0) is 8.59 Å². The second-order valence-corrected chi connectivity index (χ2v) is 4.66. The van der Waals surface area contributed by atoms with E-state index in [4.69, 9.17) is 44.7 Å². The third kappa shape index (κ3) is 7.01. The standard InChI is InChI=1S/C7H5Cl3.C2H4O2/c8-7(9,10)6-4-2-1-3-5-6;1-2(3)4/h1-5H;1H3,(H,3,4). The Morgan fingerprint density at radius 3 is 1.79 bits per heavy atom. The maximum atomic E-state index is 9.00. The zero-order valence-electron chi connectivity index (χ0n) is 7.38. The van der Waals surface area contributed by atoms with Crippen molar-refractivity contribution in [1.82, 2.24) is 0 Å². The fourth-order valence-electron chi connectivity index (χ4n) is 0.627. The lowest BCUT2D eigenvalue weighted by Crippen LogP contribution is -1.98. The molecule has 1 rings (SSSR count). The summed E-state index contributed by atoms with van der Waals surface area (Å²) in [7, 11) is 0. The summed E-state index contributed by atoms with van der Waals surface area (Å²) in [6.45, 7) is 1.08. The van der Waals surface area contributed by atoms with E-state index in [2.05, 4.69) is 0 Å². The van der Waals surface area contributed by atoms with E-state index in [0.29, 0.717) is 5.56 Å². The minimum atomic E-state index is -1.29. The van der Waals surface area contributed by atoms with Gasteiger partial charge in [0.2, 0.25) is 3.79 Å². The van der Waals surface area contributed by atoms with Gasteiger partial charge in [0.05, 0.1) is 0 Å². The molecule has 1 aromatic carbocycles. The minimum Gasteiger partial charge on any atom is -0.481 e. The summed E-state index contributed by atoms with van der Waals surface area (Å²) in [6, 6.07) is 9.08. The molecule has 1 aromatic rings. The first kappa shape index (κ1) is 13.6. The Balaban J connectivity index is 0.000000364. The van der Waals surface area contributed by atoms with Gasteiger partial charge in [0.1, 0.15) is 0 Å². The number of aliphatic carboxylic acids is 1. The molecule has 2 nitrogen and oxygen atoms in total. The van der Waals surface area contributed by atoms with Gasteiger partial charge in [-0.1, -0.05) is 65.1 Å². The molecular weight excluding hydrogens is 246 g/mol. The molecule has 0 bridgehead atoms. The summed E-state index contributed by atoms with van der Waals surface area (Å²) in [5, 5.41) is 7.42. The first-order valence-electron chi connectivity index (χ1n) is 3.66. The minimum absolute atomic E-state index is 0.694. The molecule has 0 spiro atoms. The highest BCUT2D eigenvalue weighted by molar-refractivity contribution is 6.66. The molecule has 0 aliphatic carbocycles. The second-order valence-electron chi connectivity index (χ2n) is 2.38. The number of carbonyl (C=O) groups is 1. The lowest BCUT2D eigenvalue weighted by atomic mass is 10.2. The van der Waals surface area contributed by atoms with Crippen LogP contribution in [0.1, 0.15) is 12.5 Å². The fraction of sp³-hybridized carbons (Fsp3) is 0.222. The second kappa shape index (κ2) is 6.12. The van der Waals surface area contributed by atoms with Crippen LogP contribution in [0.5, 0.6) is 0 Å². The molecular formula is C9H9Cl3O2. The van der Waals surface area contributed by atoms with Gasteiger partial charge in [-0.3, -0.25) is 4.79 Å². The summed E-state index contributed by atoms with van der Waals surface area (Å²) in [4.78, 5) is 9.00. The summed E-state index contributed by atoms with van der Waals surface area (Å²) < 4.78 is -1.29. The summed E-state index contributed by atoms with van der Waals surface area (Å²) >= 11 is 16.8. The van der Waals surface area contributed by atoms with E-state index >= 15 is 0 Å². The lowest BCUT2D eigenvalue weighted by molar-refractivity contribution is -0.134. The zero-order valence-corrected chi connectivity index (χ0v) is 9.64. The van der Waals surface area contributed by atoms with Crippen LogP contribution >= 0.6 is 34.8 Å². The molecule has 0 saturated carbocycles. The van der Waals surface area contributed by atoms with Gasteiger partial charge < -0.3 is 5.11 Å². The summed E-state index contributed by atoms with van der Waals surface area (Å²) in [5.74, 6) is -0.833. The van der Waals surface area contributed by atoms with E-state index in [1.165, 1.54) is 0 Å². The van der Waals surface area contributed by atoms with E-state index < -0.39 is 9.76 Å². The highest BCUT2D eigenvalue weighted by Gasteiger charge is 2.21. The Morgan fingerprint density at radius 2 is 1.57 bits per heavy atom. The topological polar surface area (TPSA) is 37.3 Å². The monoisotopic (exact) mass is 254 g/mol. The Morgan fingerprint density at radius 1 is 1.21 bits per heavy atom. The van der Waals surface area contributed by atoms with Gasteiger partial charge in [-0.15, -0.1) is 0 Å². The Kier molecular flexibility index (Phi) is 5.93. The number of benzene rings is 1. The van der Waals surface area contributed by atoms with Crippen molar-refractivity contribution in [2.75, 3.05) is 0 Å². The Hall–Kier alpha value is -0.440. The Bertz CT molecular complexity index is 276. The van der Waals surface area contributed by atoms with Crippen molar-refractivity contribution in [3.8, 4) is 0 Å². The number of hydrogen-bond acceptors (Lipinski definition) is 1. The predicted octanol–water partition coefficient (Wildman–Crippen LogP) is 3.60. The van der Waals surface area contributed by atoms with Crippen molar-refractivity contribution >= 4 is 40.8 Å². The van der Waals surface area contributed by atoms with Crippen molar-refractivity contribution in [3.05, 3.63) is 35.9 Å². The number of hydrogen-bond donors (Lipinski definition) is 1. The van der Waals surface area contributed by atoms with Gasteiger partial charge in [0.25, 0.3) is 5.97 Å². The van der Waals surface area contributed by atoms with Crippen LogP contribution in [-0.4, -0.2) is 11.1 Å². The maximum absolute atomic E-state index is 9.00. The zero-order chi connectivity index (χ0) is 11.2. The van der Waals surface area contributed by atoms with Crippen LogP contribution in [0.25, 0.3) is 0 Å². The van der Waals surface area contributed by atoms with Crippen molar-refractivity contribution in [3.63, 3.8) is 0 Å². The molecule has 0 amide bonds. The van der Waals surface area contributed by atoms with E-state index in [-0.39, 0.29) is 0 Å². The number of halogens is 3. The average molecular weight is 256 g/mol. The maximum Gasteiger partial charge on any atom is 0.300 e. The van der Waals surface area contributed by atoms with Crippen molar-refractivity contribution in [1.29, 1.82) is 0 Å². The summed E-state index contributed by atoms with van der Waals surface area (Å²) in [5.41, 5.74) is 0.694. The van der Waals surface area contributed by atoms with Crippen molar-refractivity contribution in [2.45, 2.75) is 10.7 Å². The third-order valence-electron chi connectivity index (χ3n) is 1.10. The van der Waals surface area contributed by atoms with E-state index in [1.54, 1.807) is 12.1 Å². The highest BCUT2D eigenvalue weighted by Crippen LogP contribution is 2.37. The molecule has 1 N–H and O–H groups in total. The molecule has 0 unspecified atom stereocenters. The van der Waals surface area contributed by atoms with E-state index in [0.717, 1.165) is 6.92 Å². The van der Waals surface area contributed by atoms with Crippen molar-refractivity contribution in [2.24, 2.45) is 0 Å². The van der Waals surface area contributed by atoms with Gasteiger partial charge in [-0.25, -0.2) is 0 Å². The van der Waals surface area contributed by atoms with Crippen LogP contribution in [0.15, 0.2) is 30.3 Å². The normalized spacial score (nSPS) is 10.0. The first-order valence-corrected chi connectivity index (χ1v) is 4.79. The molecule has 78 valence electrons. The average Bonchev–Trinajstić information content (AvgIpc) is 2.03. The summed E-state index contributed by atoms with van der Waals surface area (Å²) in [6.07, 6.45) is 0. The van der Waals surface area contributed by atoms with E-state index in [9.17, 15) is 0 Å². The third-order valence-corrected chi connectivity index (χ3v) is 1.76. The molecule has 14 heavy (non-hydrogen) atoms. The van der Waals surface area contributed by atoms with Gasteiger partial charge in [0.15, 0.2) is 0 Å². The number of alkyl halides is 3. The molecule has 0 saturated heterocycles. The molecule has 5 heteroatoms. The molecule has 0 atom stereocenters. The fourth-order valence-corrected chi connectivity index (χ4v) is 1.01.